The van der Waals surface area contributed by atoms with Crippen LogP contribution in [0.4, 0.5) is 0 Å². The molecule has 0 fully saturated rings. The molecular weight excluding hydrogens is 280 g/mol. The monoisotopic (exact) mass is 296 g/mol. The molecule has 0 aliphatic rings. The van der Waals surface area contributed by atoms with E-state index < -0.39 is 0 Å². The molecule has 0 aliphatic heterocycles. The number of ether oxygens (including phenoxy) is 1. The number of nitrogens with zero attached hydrogens (tertiary/aromatic N) is 1. The van der Waals surface area contributed by atoms with Gasteiger partial charge >= 0.3 is 5.97 Å². The van der Waals surface area contributed by atoms with E-state index in [0.717, 1.165) is 11.1 Å². The van der Waals surface area contributed by atoms with E-state index in [-0.39, 0.29) is 18.3 Å². The lowest BCUT2D eigenvalue weighted by molar-refractivity contribution is -0.131. The highest BCUT2D eigenvalue weighted by Crippen LogP contribution is 2.11. The molecule has 2 aromatic rings. The number of amides is 1. The first-order valence-electron chi connectivity index (χ1n) is 6.78. The number of carbonyl (C=O) groups excluding carboxylic acids is 2. The van der Waals surface area contributed by atoms with Crippen molar-refractivity contribution in [3.05, 3.63) is 65.7 Å². The zero-order valence-electron chi connectivity index (χ0n) is 12.2. The van der Waals surface area contributed by atoms with Gasteiger partial charge in [-0.25, -0.2) is 5.43 Å². The fraction of sp³-hybridized carbons (Fsp3) is 0.118. The molecule has 22 heavy (non-hydrogen) atoms. The van der Waals surface area contributed by atoms with Crippen molar-refractivity contribution < 1.29 is 14.3 Å². The third-order valence-electron chi connectivity index (χ3n) is 2.75. The molecule has 0 spiro atoms. The Hall–Kier alpha value is -2.95. The fourth-order valence-corrected chi connectivity index (χ4v) is 1.79. The lowest BCUT2D eigenvalue weighted by atomic mass is 10.1. The molecule has 0 saturated carbocycles. The van der Waals surface area contributed by atoms with Crippen molar-refractivity contribution in [1.82, 2.24) is 5.43 Å². The normalized spacial score (nSPS) is 10.4. The Morgan fingerprint density at radius 1 is 1.09 bits per heavy atom. The van der Waals surface area contributed by atoms with E-state index >= 15 is 0 Å². The number of rotatable bonds is 5. The molecule has 112 valence electrons. The summed E-state index contributed by atoms with van der Waals surface area (Å²) in [5.41, 5.74) is 4.19. The van der Waals surface area contributed by atoms with Crippen LogP contribution in [-0.4, -0.2) is 18.1 Å². The van der Waals surface area contributed by atoms with Gasteiger partial charge in [-0.15, -0.1) is 0 Å². The van der Waals surface area contributed by atoms with Crippen LogP contribution in [0.5, 0.6) is 5.75 Å². The first kappa shape index (κ1) is 15.4. The maximum atomic E-state index is 11.7. The highest BCUT2D eigenvalue weighted by molar-refractivity contribution is 5.83. The van der Waals surface area contributed by atoms with Crippen LogP contribution in [0.2, 0.25) is 0 Å². The van der Waals surface area contributed by atoms with Gasteiger partial charge in [0.1, 0.15) is 5.75 Å². The van der Waals surface area contributed by atoms with Crippen LogP contribution in [-0.2, 0) is 16.0 Å². The molecule has 0 bridgehead atoms. The molecule has 0 heterocycles. The zero-order chi connectivity index (χ0) is 15.8. The summed E-state index contributed by atoms with van der Waals surface area (Å²) >= 11 is 0. The number of nitrogens with one attached hydrogen (secondary N) is 1. The minimum absolute atomic E-state index is 0.181. The minimum Gasteiger partial charge on any atom is -0.427 e. The molecule has 0 unspecified atom stereocenters. The van der Waals surface area contributed by atoms with Crippen LogP contribution in [0.1, 0.15) is 18.1 Å². The third kappa shape index (κ3) is 5.20. The second-order valence-corrected chi connectivity index (χ2v) is 4.62. The Bertz CT molecular complexity index is 664. The average Bonchev–Trinajstić information content (AvgIpc) is 2.49. The Morgan fingerprint density at radius 2 is 1.77 bits per heavy atom. The van der Waals surface area contributed by atoms with Gasteiger partial charge in [-0.3, -0.25) is 9.59 Å². The predicted octanol–water partition coefficient (Wildman–Crippen LogP) is 2.30. The molecule has 1 N–H and O–H groups in total. The Balaban J connectivity index is 1.84. The smallest absolute Gasteiger partial charge is 0.308 e. The van der Waals surface area contributed by atoms with E-state index in [9.17, 15) is 9.59 Å². The van der Waals surface area contributed by atoms with Gasteiger partial charge in [-0.2, -0.15) is 5.10 Å². The lowest BCUT2D eigenvalue weighted by Gasteiger charge is -2.01. The van der Waals surface area contributed by atoms with E-state index in [1.807, 2.05) is 30.3 Å². The standard InChI is InChI=1S/C17H16N2O3/c1-13(20)22-16-9-7-15(8-10-16)12-18-19-17(21)11-14-5-3-2-4-6-14/h2-10,12H,11H2,1H3,(H,19,21)/b18-12-. The molecule has 5 heteroatoms. The average molecular weight is 296 g/mol. The van der Waals surface area contributed by atoms with Gasteiger partial charge in [0, 0.05) is 6.92 Å². The fourth-order valence-electron chi connectivity index (χ4n) is 1.79. The molecule has 0 radical (unpaired) electrons. The summed E-state index contributed by atoms with van der Waals surface area (Å²) in [5, 5.41) is 3.90. The van der Waals surface area contributed by atoms with Crippen molar-refractivity contribution in [3.8, 4) is 5.75 Å². The largest absolute Gasteiger partial charge is 0.427 e. The lowest BCUT2D eigenvalue weighted by Crippen LogP contribution is -2.19. The van der Waals surface area contributed by atoms with Gasteiger partial charge < -0.3 is 4.74 Å². The third-order valence-corrected chi connectivity index (χ3v) is 2.75. The van der Waals surface area contributed by atoms with Crippen LogP contribution in [0.15, 0.2) is 59.7 Å². The van der Waals surface area contributed by atoms with Crippen molar-refractivity contribution in [2.75, 3.05) is 0 Å². The molecule has 0 saturated heterocycles. The summed E-state index contributed by atoms with van der Waals surface area (Å²) in [7, 11) is 0. The molecule has 2 rings (SSSR count). The van der Waals surface area contributed by atoms with Gasteiger partial charge in [0.05, 0.1) is 12.6 Å². The SMILES string of the molecule is CC(=O)Oc1ccc(/C=N\NC(=O)Cc2ccccc2)cc1. The van der Waals surface area contributed by atoms with E-state index in [1.165, 1.54) is 13.1 Å². The topological polar surface area (TPSA) is 67.8 Å². The summed E-state index contributed by atoms with van der Waals surface area (Å²) in [6, 6.07) is 16.2. The summed E-state index contributed by atoms with van der Waals surface area (Å²) < 4.78 is 4.93. The maximum Gasteiger partial charge on any atom is 0.308 e. The van der Waals surface area contributed by atoms with Crippen LogP contribution < -0.4 is 10.2 Å². The number of hydrogen-bond acceptors (Lipinski definition) is 4. The van der Waals surface area contributed by atoms with E-state index in [1.54, 1.807) is 24.3 Å². The van der Waals surface area contributed by atoms with Gasteiger partial charge in [-0.1, -0.05) is 30.3 Å². The van der Waals surface area contributed by atoms with Gasteiger partial charge in [0.15, 0.2) is 0 Å². The van der Waals surface area contributed by atoms with Crippen molar-refractivity contribution in [2.45, 2.75) is 13.3 Å². The van der Waals surface area contributed by atoms with Crippen LogP contribution in [0.25, 0.3) is 0 Å². The molecule has 5 nitrogen and oxygen atoms in total. The van der Waals surface area contributed by atoms with Gasteiger partial charge in [0.25, 0.3) is 0 Å². The first-order chi connectivity index (χ1) is 10.6. The van der Waals surface area contributed by atoms with Crippen molar-refractivity contribution in [2.24, 2.45) is 5.10 Å². The van der Waals surface area contributed by atoms with Crippen molar-refractivity contribution in [3.63, 3.8) is 0 Å². The molecule has 0 aromatic heterocycles. The summed E-state index contributed by atoms with van der Waals surface area (Å²) in [5.74, 6) is -0.0775. The minimum atomic E-state index is -0.366. The Kier molecular flexibility index (Phi) is 5.43. The van der Waals surface area contributed by atoms with Crippen molar-refractivity contribution in [1.29, 1.82) is 0 Å². The van der Waals surface area contributed by atoms with Gasteiger partial charge in [-0.05, 0) is 35.4 Å². The number of hydrazone groups is 1. The van der Waals surface area contributed by atoms with E-state index in [0.29, 0.717) is 5.75 Å². The quantitative estimate of drug-likeness (QED) is 0.398. The van der Waals surface area contributed by atoms with Gasteiger partial charge in [0.2, 0.25) is 5.91 Å². The summed E-state index contributed by atoms with van der Waals surface area (Å²) in [6.45, 7) is 1.34. The maximum absolute atomic E-state index is 11.7. The number of benzene rings is 2. The van der Waals surface area contributed by atoms with Crippen LogP contribution >= 0.6 is 0 Å². The highest BCUT2D eigenvalue weighted by Gasteiger charge is 2.01. The molecule has 2 aromatic carbocycles. The predicted molar refractivity (Wildman–Crippen MR) is 83.6 cm³/mol. The molecule has 0 aliphatic carbocycles. The zero-order valence-corrected chi connectivity index (χ0v) is 12.2. The number of esters is 1. The Morgan fingerprint density at radius 3 is 2.41 bits per heavy atom. The van der Waals surface area contributed by atoms with Crippen LogP contribution in [0.3, 0.4) is 0 Å². The van der Waals surface area contributed by atoms with E-state index in [2.05, 4.69) is 10.5 Å². The second kappa shape index (κ2) is 7.73. The number of carbonyl (C=O) groups is 2. The number of hydrogen-bond donors (Lipinski definition) is 1. The summed E-state index contributed by atoms with van der Waals surface area (Å²) in [4.78, 5) is 22.5. The Labute approximate surface area is 128 Å². The molecule has 0 atom stereocenters. The highest BCUT2D eigenvalue weighted by atomic mass is 16.5. The molecule has 1 amide bonds. The first-order valence-corrected chi connectivity index (χ1v) is 6.78. The van der Waals surface area contributed by atoms with E-state index in [4.69, 9.17) is 4.74 Å². The van der Waals surface area contributed by atoms with Crippen molar-refractivity contribution >= 4 is 18.1 Å². The second-order valence-electron chi connectivity index (χ2n) is 4.62. The van der Waals surface area contributed by atoms with Crippen LogP contribution in [0, 0.1) is 0 Å². The molecular formula is C17H16N2O3. The summed E-state index contributed by atoms with van der Waals surface area (Å²) in [6.07, 6.45) is 1.81.